The van der Waals surface area contributed by atoms with Crippen LogP contribution in [-0.4, -0.2) is 29.3 Å². The second kappa shape index (κ2) is 8.73. The molecule has 0 aliphatic rings. The maximum Gasteiger partial charge on any atom is 0.323 e. The summed E-state index contributed by atoms with van der Waals surface area (Å²) in [5, 5.41) is 9.98. The summed E-state index contributed by atoms with van der Waals surface area (Å²) in [6, 6.07) is 2.56. The summed E-state index contributed by atoms with van der Waals surface area (Å²) >= 11 is 11.9. The van der Waals surface area contributed by atoms with Gasteiger partial charge in [0, 0.05) is 5.56 Å². The molecule has 0 aromatic heterocycles. The number of carbonyl (C=O) groups is 1. The van der Waals surface area contributed by atoms with Crippen molar-refractivity contribution in [3.8, 4) is 5.75 Å². The molecule has 1 atom stereocenters. The summed E-state index contributed by atoms with van der Waals surface area (Å²) in [5.41, 5.74) is 5.68. The van der Waals surface area contributed by atoms with Crippen molar-refractivity contribution in [1.82, 2.24) is 0 Å². The van der Waals surface area contributed by atoms with Gasteiger partial charge in [-0.3, -0.25) is 4.79 Å². The fourth-order valence-corrected chi connectivity index (χ4v) is 2.23. The molecule has 0 saturated heterocycles. The summed E-state index contributed by atoms with van der Waals surface area (Å²) in [6.45, 7) is 5.44. The Morgan fingerprint density at radius 3 is 2.57 bits per heavy atom. The maximum atomic E-state index is 11.8. The Kier molecular flexibility index (Phi) is 7.61. The smallest absolute Gasteiger partial charge is 0.323 e. The fourth-order valence-electron chi connectivity index (χ4n) is 1.84. The molecular formula is C16H23Cl2NO4. The van der Waals surface area contributed by atoms with Gasteiger partial charge in [0.1, 0.15) is 17.4 Å². The summed E-state index contributed by atoms with van der Waals surface area (Å²) in [5.74, 6) is 0.0378. The predicted octanol–water partition coefficient (Wildman–Crippen LogP) is 3.31. The molecule has 0 spiro atoms. The number of carbonyl (C=O) groups excluding carboxylic acids is 1. The van der Waals surface area contributed by atoms with Crippen LogP contribution in [-0.2, 0) is 16.1 Å². The highest BCUT2D eigenvalue weighted by molar-refractivity contribution is 6.42. The molecule has 23 heavy (non-hydrogen) atoms. The van der Waals surface area contributed by atoms with Gasteiger partial charge in [-0.1, -0.05) is 23.2 Å². The van der Waals surface area contributed by atoms with Gasteiger partial charge in [0.2, 0.25) is 0 Å². The molecule has 1 rings (SSSR count). The number of hydrogen-bond donors (Lipinski definition) is 2. The number of hydrogen-bond acceptors (Lipinski definition) is 5. The Balaban J connectivity index is 2.46. The second-order valence-electron chi connectivity index (χ2n) is 6.13. The van der Waals surface area contributed by atoms with E-state index in [0.29, 0.717) is 35.8 Å². The van der Waals surface area contributed by atoms with Crippen molar-refractivity contribution in [2.75, 3.05) is 6.61 Å². The molecule has 3 N–H and O–H groups in total. The van der Waals surface area contributed by atoms with Gasteiger partial charge in [-0.05, 0) is 45.7 Å². The predicted molar refractivity (Wildman–Crippen MR) is 90.9 cm³/mol. The molecule has 130 valence electrons. The van der Waals surface area contributed by atoms with Gasteiger partial charge in [0.15, 0.2) is 0 Å². The minimum atomic E-state index is -0.691. The van der Waals surface area contributed by atoms with Gasteiger partial charge in [-0.15, -0.1) is 0 Å². The summed E-state index contributed by atoms with van der Waals surface area (Å²) in [6.07, 6.45) is 0.996. The van der Waals surface area contributed by atoms with Crippen molar-refractivity contribution < 1.29 is 19.4 Å². The van der Waals surface area contributed by atoms with E-state index in [1.807, 2.05) is 0 Å². The highest BCUT2D eigenvalue weighted by Gasteiger charge is 2.21. The first-order valence-corrected chi connectivity index (χ1v) is 8.10. The van der Waals surface area contributed by atoms with E-state index in [-0.39, 0.29) is 11.6 Å². The van der Waals surface area contributed by atoms with Crippen molar-refractivity contribution in [3.63, 3.8) is 0 Å². The zero-order valence-electron chi connectivity index (χ0n) is 13.6. The highest BCUT2D eigenvalue weighted by atomic mass is 35.5. The minimum absolute atomic E-state index is 0.272. The topological polar surface area (TPSA) is 81.8 Å². The minimum Gasteiger partial charge on any atom is -0.493 e. The van der Waals surface area contributed by atoms with E-state index in [9.17, 15) is 9.90 Å². The van der Waals surface area contributed by atoms with Gasteiger partial charge in [-0.2, -0.15) is 0 Å². The summed E-state index contributed by atoms with van der Waals surface area (Å²) in [7, 11) is 0. The van der Waals surface area contributed by atoms with E-state index in [2.05, 4.69) is 0 Å². The molecule has 0 radical (unpaired) electrons. The van der Waals surface area contributed by atoms with Crippen LogP contribution in [0.5, 0.6) is 5.75 Å². The van der Waals surface area contributed by atoms with E-state index < -0.39 is 17.6 Å². The first-order valence-electron chi connectivity index (χ1n) is 7.34. The zero-order valence-corrected chi connectivity index (χ0v) is 15.1. The lowest BCUT2D eigenvalue weighted by Gasteiger charge is -2.22. The Labute approximate surface area is 146 Å². The van der Waals surface area contributed by atoms with Crippen LogP contribution in [0.4, 0.5) is 0 Å². The molecule has 0 saturated carbocycles. The Morgan fingerprint density at radius 2 is 2.00 bits per heavy atom. The molecule has 0 unspecified atom stereocenters. The Bertz CT molecular complexity index is 544. The molecule has 0 bridgehead atoms. The van der Waals surface area contributed by atoms with Crippen LogP contribution in [0.25, 0.3) is 0 Å². The van der Waals surface area contributed by atoms with E-state index >= 15 is 0 Å². The normalized spacial score (nSPS) is 12.8. The summed E-state index contributed by atoms with van der Waals surface area (Å²) < 4.78 is 10.8. The van der Waals surface area contributed by atoms with Crippen LogP contribution < -0.4 is 10.5 Å². The lowest BCUT2D eigenvalue weighted by molar-refractivity contribution is -0.156. The van der Waals surface area contributed by atoms with E-state index in [4.69, 9.17) is 38.4 Å². The first kappa shape index (κ1) is 20.0. The monoisotopic (exact) mass is 363 g/mol. The lowest BCUT2D eigenvalue weighted by Crippen LogP contribution is -2.37. The molecular weight excluding hydrogens is 341 g/mol. The van der Waals surface area contributed by atoms with Crippen molar-refractivity contribution in [1.29, 1.82) is 0 Å². The number of benzene rings is 1. The molecule has 0 heterocycles. The average molecular weight is 364 g/mol. The lowest BCUT2D eigenvalue weighted by atomic mass is 10.1. The van der Waals surface area contributed by atoms with E-state index in [1.165, 1.54) is 0 Å². The van der Waals surface area contributed by atoms with Crippen molar-refractivity contribution in [3.05, 3.63) is 27.7 Å². The van der Waals surface area contributed by atoms with Gasteiger partial charge in [0.25, 0.3) is 0 Å². The molecule has 1 aromatic rings. The second-order valence-corrected chi connectivity index (χ2v) is 6.91. The van der Waals surface area contributed by atoms with E-state index in [1.54, 1.807) is 32.9 Å². The van der Waals surface area contributed by atoms with Crippen molar-refractivity contribution >= 4 is 29.2 Å². The quantitative estimate of drug-likeness (QED) is 0.573. The average Bonchev–Trinajstić information content (AvgIpc) is 2.45. The number of ether oxygens (including phenoxy) is 2. The summed E-state index contributed by atoms with van der Waals surface area (Å²) in [4.78, 5) is 11.8. The van der Waals surface area contributed by atoms with Crippen molar-refractivity contribution in [2.45, 2.75) is 51.9 Å². The first-order chi connectivity index (χ1) is 10.7. The van der Waals surface area contributed by atoms with Gasteiger partial charge < -0.3 is 20.3 Å². The number of esters is 1. The van der Waals surface area contributed by atoms with Gasteiger partial charge in [-0.25, -0.2) is 0 Å². The van der Waals surface area contributed by atoms with E-state index in [0.717, 1.165) is 0 Å². The molecule has 0 aliphatic carbocycles. The molecule has 7 heteroatoms. The molecule has 0 fully saturated rings. The van der Waals surface area contributed by atoms with Crippen LogP contribution in [0.15, 0.2) is 12.1 Å². The van der Waals surface area contributed by atoms with Crippen LogP contribution in [0, 0.1) is 0 Å². The Morgan fingerprint density at radius 1 is 1.35 bits per heavy atom. The zero-order chi connectivity index (χ0) is 17.6. The van der Waals surface area contributed by atoms with Crippen LogP contribution >= 0.6 is 23.2 Å². The third-order valence-corrected chi connectivity index (χ3v) is 3.78. The number of nitrogens with two attached hydrogens (primary N) is 1. The fraction of sp³-hybridized carbons (Fsp3) is 0.562. The van der Waals surface area contributed by atoms with Crippen LogP contribution in [0.2, 0.25) is 10.0 Å². The number of halogens is 2. The highest BCUT2D eigenvalue weighted by Crippen LogP contribution is 2.33. The largest absolute Gasteiger partial charge is 0.493 e. The SMILES string of the molecule is CC(C)(C)OC(=O)[C@H](N)CCCOc1ccc(Cl)c(Cl)c1CO. The Hall–Kier alpha value is -1.01. The molecule has 5 nitrogen and oxygen atoms in total. The standard InChI is InChI=1S/C16H23Cl2NO4/c1-16(2,3)23-15(21)12(19)5-4-8-22-13-7-6-11(17)14(18)10(13)9-20/h6-7,12,20H,4-5,8-9,19H2,1-3H3/t12-/m1/s1. The van der Waals surface area contributed by atoms with Crippen LogP contribution in [0.1, 0.15) is 39.2 Å². The van der Waals surface area contributed by atoms with Crippen LogP contribution in [0.3, 0.4) is 0 Å². The molecule has 0 amide bonds. The maximum absolute atomic E-state index is 11.8. The third kappa shape index (κ3) is 6.55. The number of aliphatic hydroxyl groups is 1. The third-order valence-electron chi connectivity index (χ3n) is 2.94. The van der Waals surface area contributed by atoms with Crippen molar-refractivity contribution in [2.24, 2.45) is 5.73 Å². The van der Waals surface area contributed by atoms with Gasteiger partial charge >= 0.3 is 5.97 Å². The van der Waals surface area contributed by atoms with Gasteiger partial charge in [0.05, 0.1) is 23.3 Å². The number of rotatable bonds is 7. The molecule has 1 aromatic carbocycles. The number of aliphatic hydroxyl groups excluding tert-OH is 1. The molecule has 0 aliphatic heterocycles.